The molecule has 0 heterocycles. The zero-order valence-corrected chi connectivity index (χ0v) is 11.9. The third-order valence-corrected chi connectivity index (χ3v) is 2.93. The van der Waals surface area contributed by atoms with Gasteiger partial charge in [-0.15, -0.1) is 0 Å². The van der Waals surface area contributed by atoms with E-state index in [4.69, 9.17) is 16.3 Å². The molecule has 3 nitrogen and oxygen atoms in total. The molecule has 110 valence electrons. The number of benzene rings is 2. The summed E-state index contributed by atoms with van der Waals surface area (Å²) in [5.41, 5.74) is 0.719. The highest BCUT2D eigenvalue weighted by Crippen LogP contribution is 2.26. The first-order chi connectivity index (χ1) is 9.95. The van der Waals surface area contributed by atoms with E-state index in [-0.39, 0.29) is 17.3 Å². The number of carbonyl (C=O) groups excluding carboxylic acids is 1. The molecule has 0 aliphatic rings. The Morgan fingerprint density at radius 3 is 2.71 bits per heavy atom. The second-order valence-corrected chi connectivity index (χ2v) is 4.80. The van der Waals surface area contributed by atoms with Gasteiger partial charge in [0, 0.05) is 6.07 Å². The van der Waals surface area contributed by atoms with Crippen molar-refractivity contribution >= 4 is 23.2 Å². The Morgan fingerprint density at radius 1 is 1.29 bits per heavy atom. The summed E-state index contributed by atoms with van der Waals surface area (Å²) in [6, 6.07) is 8.70. The molecule has 0 saturated heterocycles. The van der Waals surface area contributed by atoms with Crippen LogP contribution < -0.4 is 10.1 Å². The predicted octanol–water partition coefficient (Wildman–Crippen LogP) is 3.94. The second kappa shape index (κ2) is 6.54. The fourth-order valence-corrected chi connectivity index (χ4v) is 1.93. The van der Waals surface area contributed by atoms with E-state index in [1.54, 1.807) is 18.2 Å². The highest BCUT2D eigenvalue weighted by molar-refractivity contribution is 6.33. The van der Waals surface area contributed by atoms with Gasteiger partial charge in [0.25, 0.3) is 5.91 Å². The standard InChI is InChI=1S/C15H12ClF2NO2/c1-9-3-2-4-11(5-9)21-8-14(20)19-15-12(16)6-10(17)7-13(15)18/h2-7H,8H2,1H3,(H,19,20). The fraction of sp³-hybridized carbons (Fsp3) is 0.133. The highest BCUT2D eigenvalue weighted by Gasteiger charge is 2.13. The molecule has 1 N–H and O–H groups in total. The van der Waals surface area contributed by atoms with Gasteiger partial charge in [0.1, 0.15) is 11.6 Å². The van der Waals surface area contributed by atoms with E-state index in [1.807, 2.05) is 13.0 Å². The fourth-order valence-electron chi connectivity index (χ4n) is 1.69. The molecule has 0 aliphatic carbocycles. The summed E-state index contributed by atoms with van der Waals surface area (Å²) in [7, 11) is 0. The molecule has 0 atom stereocenters. The lowest BCUT2D eigenvalue weighted by Gasteiger charge is -2.10. The van der Waals surface area contributed by atoms with E-state index in [1.165, 1.54) is 0 Å². The van der Waals surface area contributed by atoms with Crippen LogP contribution >= 0.6 is 11.6 Å². The maximum absolute atomic E-state index is 13.5. The number of ether oxygens (including phenoxy) is 1. The number of amides is 1. The number of hydrogen-bond acceptors (Lipinski definition) is 2. The van der Waals surface area contributed by atoms with Crippen LogP contribution in [0.15, 0.2) is 36.4 Å². The molecule has 21 heavy (non-hydrogen) atoms. The van der Waals surface area contributed by atoms with Crippen molar-refractivity contribution in [1.29, 1.82) is 0 Å². The maximum atomic E-state index is 13.5. The molecule has 0 fully saturated rings. The van der Waals surface area contributed by atoms with Gasteiger partial charge in [0.05, 0.1) is 10.7 Å². The summed E-state index contributed by atoms with van der Waals surface area (Å²) in [4.78, 5) is 11.7. The smallest absolute Gasteiger partial charge is 0.262 e. The average Bonchev–Trinajstić information content (AvgIpc) is 2.40. The topological polar surface area (TPSA) is 38.3 Å². The zero-order chi connectivity index (χ0) is 15.4. The first-order valence-corrected chi connectivity index (χ1v) is 6.47. The van der Waals surface area contributed by atoms with Gasteiger partial charge in [-0.2, -0.15) is 0 Å². The first kappa shape index (κ1) is 15.3. The third kappa shape index (κ3) is 4.16. The van der Waals surface area contributed by atoms with Crippen LogP contribution in [0.3, 0.4) is 0 Å². The Kier molecular flexibility index (Phi) is 4.75. The number of halogens is 3. The monoisotopic (exact) mass is 311 g/mol. The lowest BCUT2D eigenvalue weighted by Crippen LogP contribution is -2.21. The number of aryl methyl sites for hydroxylation is 1. The van der Waals surface area contributed by atoms with Crippen molar-refractivity contribution in [3.8, 4) is 5.75 Å². The largest absolute Gasteiger partial charge is 0.484 e. The third-order valence-electron chi connectivity index (χ3n) is 2.63. The molecule has 2 rings (SSSR count). The molecular weight excluding hydrogens is 300 g/mol. The number of nitrogens with one attached hydrogen (secondary N) is 1. The molecule has 0 unspecified atom stereocenters. The lowest BCUT2D eigenvalue weighted by molar-refractivity contribution is -0.118. The minimum atomic E-state index is -0.941. The summed E-state index contributed by atoms with van der Waals surface area (Å²) in [5, 5.41) is 2.04. The number of anilines is 1. The van der Waals surface area contributed by atoms with Gasteiger partial charge < -0.3 is 10.1 Å². The van der Waals surface area contributed by atoms with Crippen LogP contribution in [0.5, 0.6) is 5.75 Å². The van der Waals surface area contributed by atoms with Crippen LogP contribution in [0.4, 0.5) is 14.5 Å². The summed E-state index contributed by atoms with van der Waals surface area (Å²) >= 11 is 5.68. The zero-order valence-electron chi connectivity index (χ0n) is 11.1. The summed E-state index contributed by atoms with van der Waals surface area (Å²) in [6.07, 6.45) is 0. The number of carbonyl (C=O) groups is 1. The molecule has 0 aromatic heterocycles. The van der Waals surface area contributed by atoms with E-state index in [0.717, 1.165) is 11.6 Å². The van der Waals surface area contributed by atoms with E-state index >= 15 is 0 Å². The average molecular weight is 312 g/mol. The minimum Gasteiger partial charge on any atom is -0.484 e. The second-order valence-electron chi connectivity index (χ2n) is 4.40. The summed E-state index contributed by atoms with van der Waals surface area (Å²) < 4.78 is 31.7. The van der Waals surface area contributed by atoms with Gasteiger partial charge in [-0.05, 0) is 30.7 Å². The first-order valence-electron chi connectivity index (χ1n) is 6.09. The number of hydrogen-bond donors (Lipinski definition) is 1. The Bertz CT molecular complexity index is 653. The van der Waals surface area contributed by atoms with Crippen LogP contribution in [0.1, 0.15) is 5.56 Å². The SMILES string of the molecule is Cc1cccc(OCC(=O)Nc2c(F)cc(F)cc2Cl)c1. The number of rotatable bonds is 4. The molecule has 0 spiro atoms. The van der Waals surface area contributed by atoms with Gasteiger partial charge in [0.2, 0.25) is 0 Å². The van der Waals surface area contributed by atoms with Crippen molar-refractivity contribution in [3.63, 3.8) is 0 Å². The molecule has 0 bridgehead atoms. The molecule has 6 heteroatoms. The molecule has 2 aromatic rings. The van der Waals surface area contributed by atoms with Crippen molar-refractivity contribution < 1.29 is 18.3 Å². The van der Waals surface area contributed by atoms with E-state index < -0.39 is 17.5 Å². The van der Waals surface area contributed by atoms with Crippen molar-refractivity contribution in [2.75, 3.05) is 11.9 Å². The molecular formula is C15H12ClF2NO2. The van der Waals surface area contributed by atoms with Crippen LogP contribution in [0.2, 0.25) is 5.02 Å². The van der Waals surface area contributed by atoms with Crippen LogP contribution in [-0.4, -0.2) is 12.5 Å². The van der Waals surface area contributed by atoms with Crippen molar-refractivity contribution in [2.24, 2.45) is 0 Å². The normalized spacial score (nSPS) is 10.3. The minimum absolute atomic E-state index is 0.212. The Balaban J connectivity index is 1.99. The predicted molar refractivity (Wildman–Crippen MR) is 76.7 cm³/mol. The molecule has 0 radical (unpaired) electrons. The van der Waals surface area contributed by atoms with Gasteiger partial charge in [-0.25, -0.2) is 8.78 Å². The van der Waals surface area contributed by atoms with Crippen molar-refractivity contribution in [3.05, 3.63) is 58.6 Å². The maximum Gasteiger partial charge on any atom is 0.262 e. The van der Waals surface area contributed by atoms with Gasteiger partial charge >= 0.3 is 0 Å². The van der Waals surface area contributed by atoms with Gasteiger partial charge in [-0.1, -0.05) is 23.7 Å². The van der Waals surface area contributed by atoms with Crippen LogP contribution in [0.25, 0.3) is 0 Å². The van der Waals surface area contributed by atoms with E-state index in [0.29, 0.717) is 11.8 Å². The van der Waals surface area contributed by atoms with Crippen LogP contribution in [0, 0.1) is 18.6 Å². The Labute approximate surface area is 125 Å². The molecule has 1 amide bonds. The quantitative estimate of drug-likeness (QED) is 0.928. The van der Waals surface area contributed by atoms with Crippen molar-refractivity contribution in [2.45, 2.75) is 6.92 Å². The Morgan fingerprint density at radius 2 is 2.05 bits per heavy atom. The molecule has 0 aliphatic heterocycles. The molecule has 2 aromatic carbocycles. The summed E-state index contributed by atoms with van der Waals surface area (Å²) in [5.74, 6) is -1.82. The highest BCUT2D eigenvalue weighted by atomic mass is 35.5. The Hall–Kier alpha value is -2.14. The van der Waals surface area contributed by atoms with Crippen LogP contribution in [-0.2, 0) is 4.79 Å². The van der Waals surface area contributed by atoms with E-state index in [2.05, 4.69) is 5.32 Å². The van der Waals surface area contributed by atoms with Gasteiger partial charge in [-0.3, -0.25) is 4.79 Å². The van der Waals surface area contributed by atoms with Crippen molar-refractivity contribution in [1.82, 2.24) is 0 Å². The molecule has 0 saturated carbocycles. The van der Waals surface area contributed by atoms with Gasteiger partial charge in [0.15, 0.2) is 12.4 Å². The summed E-state index contributed by atoms with van der Waals surface area (Å²) in [6.45, 7) is 1.58. The van der Waals surface area contributed by atoms with E-state index in [9.17, 15) is 13.6 Å². The lowest BCUT2D eigenvalue weighted by atomic mass is 10.2.